The average Bonchev–Trinajstić information content (AvgIpc) is 3.18. The summed E-state index contributed by atoms with van der Waals surface area (Å²) >= 11 is 1.54. The van der Waals surface area contributed by atoms with Gasteiger partial charge in [0, 0.05) is 12.1 Å². The maximum absolute atomic E-state index is 13.7. The van der Waals surface area contributed by atoms with Crippen molar-refractivity contribution >= 4 is 45.0 Å². The Hall–Kier alpha value is -2.55. The van der Waals surface area contributed by atoms with Crippen LogP contribution in [0.2, 0.25) is 0 Å². The van der Waals surface area contributed by atoms with Crippen LogP contribution in [0.5, 0.6) is 17.2 Å². The molecule has 1 heterocycles. The van der Waals surface area contributed by atoms with Crippen molar-refractivity contribution in [2.45, 2.75) is 20.3 Å². The molecule has 0 spiro atoms. The Bertz CT molecular complexity index is 1090. The number of carbonyl (C=O) groups is 1. The Labute approximate surface area is 205 Å². The van der Waals surface area contributed by atoms with E-state index in [9.17, 15) is 4.79 Å². The van der Waals surface area contributed by atoms with Crippen LogP contribution in [0, 0.1) is 13.8 Å². The van der Waals surface area contributed by atoms with Gasteiger partial charge in [-0.05, 0) is 70.2 Å². The number of anilines is 1. The highest BCUT2D eigenvalue weighted by Gasteiger charge is 2.25. The van der Waals surface area contributed by atoms with Gasteiger partial charge < -0.3 is 19.1 Å². The van der Waals surface area contributed by atoms with Crippen molar-refractivity contribution in [2.24, 2.45) is 0 Å². The number of rotatable bonds is 9. The first kappa shape index (κ1) is 26.7. The van der Waals surface area contributed by atoms with Gasteiger partial charge in [-0.2, -0.15) is 0 Å². The molecular formula is C24H32ClN3O4S. The molecule has 0 aliphatic rings. The third-order valence-electron chi connectivity index (χ3n) is 5.19. The molecule has 0 saturated carbocycles. The van der Waals surface area contributed by atoms with Gasteiger partial charge in [-0.1, -0.05) is 17.4 Å². The molecule has 3 aromatic rings. The fraction of sp³-hybridized carbons (Fsp3) is 0.417. The first-order chi connectivity index (χ1) is 15.3. The van der Waals surface area contributed by atoms with Crippen LogP contribution in [0.1, 0.15) is 27.9 Å². The number of nitrogens with zero attached hydrogens (tertiary/aromatic N) is 3. The second-order valence-corrected chi connectivity index (χ2v) is 8.96. The largest absolute Gasteiger partial charge is 0.493 e. The van der Waals surface area contributed by atoms with Crippen LogP contribution in [0.4, 0.5) is 5.13 Å². The molecule has 0 atom stereocenters. The first-order valence-corrected chi connectivity index (χ1v) is 11.2. The van der Waals surface area contributed by atoms with E-state index in [2.05, 4.69) is 30.9 Å². The van der Waals surface area contributed by atoms with E-state index in [4.69, 9.17) is 19.2 Å². The summed E-state index contributed by atoms with van der Waals surface area (Å²) in [5, 5.41) is 0.686. The van der Waals surface area contributed by atoms with Crippen molar-refractivity contribution in [3.8, 4) is 17.2 Å². The van der Waals surface area contributed by atoms with Crippen LogP contribution >= 0.6 is 23.7 Å². The summed E-state index contributed by atoms with van der Waals surface area (Å²) in [6.45, 7) is 5.53. The number of aromatic nitrogens is 1. The van der Waals surface area contributed by atoms with Crippen LogP contribution in [0.3, 0.4) is 0 Å². The number of carbonyl (C=O) groups excluding carboxylic acids is 1. The Morgan fingerprint density at radius 3 is 2.15 bits per heavy atom. The Morgan fingerprint density at radius 2 is 1.61 bits per heavy atom. The topological polar surface area (TPSA) is 64.1 Å². The van der Waals surface area contributed by atoms with Gasteiger partial charge in [0.05, 0.1) is 31.5 Å². The summed E-state index contributed by atoms with van der Waals surface area (Å²) in [4.78, 5) is 22.4. The van der Waals surface area contributed by atoms with Gasteiger partial charge in [-0.25, -0.2) is 4.98 Å². The number of thiazole rings is 1. The molecule has 1 aromatic heterocycles. The van der Waals surface area contributed by atoms with Crippen molar-refractivity contribution in [2.75, 3.05) is 53.4 Å². The molecule has 1 amide bonds. The number of hydrogen-bond acceptors (Lipinski definition) is 7. The van der Waals surface area contributed by atoms with E-state index in [0.29, 0.717) is 34.5 Å². The fourth-order valence-electron chi connectivity index (χ4n) is 3.66. The quantitative estimate of drug-likeness (QED) is 0.420. The number of benzene rings is 2. The molecule has 9 heteroatoms. The van der Waals surface area contributed by atoms with Gasteiger partial charge in [0.15, 0.2) is 16.6 Å². The summed E-state index contributed by atoms with van der Waals surface area (Å²) in [6, 6.07) is 7.60. The number of amides is 1. The summed E-state index contributed by atoms with van der Waals surface area (Å²) in [6.07, 6.45) is 0.817. The maximum atomic E-state index is 13.7. The molecule has 0 saturated heterocycles. The van der Waals surface area contributed by atoms with Crippen molar-refractivity contribution < 1.29 is 19.0 Å². The average molecular weight is 494 g/mol. The van der Waals surface area contributed by atoms with E-state index < -0.39 is 0 Å². The van der Waals surface area contributed by atoms with Gasteiger partial charge in [-0.15, -0.1) is 12.4 Å². The summed E-state index contributed by atoms with van der Waals surface area (Å²) in [5.74, 6) is 1.19. The lowest BCUT2D eigenvalue weighted by Gasteiger charge is -2.22. The number of ether oxygens (including phenoxy) is 3. The van der Waals surface area contributed by atoms with Gasteiger partial charge in [0.2, 0.25) is 5.75 Å². The lowest BCUT2D eigenvalue weighted by molar-refractivity contribution is 0.0985. The van der Waals surface area contributed by atoms with Gasteiger partial charge in [-0.3, -0.25) is 9.69 Å². The minimum atomic E-state index is -0.156. The molecule has 0 aliphatic carbocycles. The predicted octanol–water partition coefficient (Wildman–Crippen LogP) is 4.96. The molecule has 0 aliphatic heterocycles. The third kappa shape index (κ3) is 5.88. The van der Waals surface area contributed by atoms with Crippen LogP contribution < -0.4 is 19.1 Å². The highest BCUT2D eigenvalue weighted by Crippen LogP contribution is 2.39. The summed E-state index contributed by atoms with van der Waals surface area (Å²) in [7, 11) is 8.67. The maximum Gasteiger partial charge on any atom is 0.260 e. The second kappa shape index (κ2) is 11.5. The number of fused-ring (bicyclic) bond motifs is 1. The number of hydrogen-bond donors (Lipinski definition) is 0. The Balaban J connectivity index is 0.00000385. The smallest absolute Gasteiger partial charge is 0.260 e. The highest BCUT2D eigenvalue weighted by atomic mass is 35.5. The second-order valence-electron chi connectivity index (χ2n) is 7.95. The van der Waals surface area contributed by atoms with E-state index >= 15 is 0 Å². The molecular weight excluding hydrogens is 462 g/mol. The zero-order valence-corrected chi connectivity index (χ0v) is 21.9. The molecule has 3 rings (SSSR count). The van der Waals surface area contributed by atoms with Crippen molar-refractivity contribution in [3.05, 3.63) is 41.0 Å². The molecule has 0 fully saturated rings. The number of methoxy groups -OCH3 is 3. The van der Waals surface area contributed by atoms with E-state index in [1.165, 1.54) is 16.9 Å². The Morgan fingerprint density at radius 1 is 0.970 bits per heavy atom. The molecule has 7 nitrogen and oxygen atoms in total. The molecule has 2 aromatic carbocycles. The third-order valence-corrected chi connectivity index (χ3v) is 6.22. The van der Waals surface area contributed by atoms with Crippen molar-refractivity contribution in [1.82, 2.24) is 9.88 Å². The molecule has 33 heavy (non-hydrogen) atoms. The minimum absolute atomic E-state index is 0. The standard InChI is InChI=1S/C24H31N3O4S.ClH/c1-15-11-16(2)21-20(12-15)32-24(25-21)27(10-8-9-26(3)4)23(28)17-13-18(29-5)22(31-7)19(14-17)30-6;/h11-14H,8-10H2,1-7H3;1H. The molecule has 0 N–H and O–H groups in total. The van der Waals surface area contributed by atoms with Crippen molar-refractivity contribution in [1.29, 1.82) is 0 Å². The van der Waals surface area contributed by atoms with E-state index in [0.717, 1.165) is 28.7 Å². The normalized spacial score (nSPS) is 10.8. The molecule has 180 valence electrons. The molecule has 0 radical (unpaired) electrons. The fourth-order valence-corrected chi connectivity index (χ4v) is 4.83. The zero-order chi connectivity index (χ0) is 23.4. The van der Waals surface area contributed by atoms with Crippen LogP contribution in [0.25, 0.3) is 10.2 Å². The van der Waals surface area contributed by atoms with Crippen LogP contribution in [-0.2, 0) is 0 Å². The van der Waals surface area contributed by atoms with Gasteiger partial charge in [0.25, 0.3) is 5.91 Å². The highest BCUT2D eigenvalue weighted by molar-refractivity contribution is 7.22. The molecule has 0 bridgehead atoms. The SMILES string of the molecule is COc1cc(C(=O)N(CCCN(C)C)c2nc3c(C)cc(C)cc3s2)cc(OC)c1OC.Cl. The van der Waals surface area contributed by atoms with Crippen LogP contribution in [-0.4, -0.2) is 64.3 Å². The monoisotopic (exact) mass is 493 g/mol. The van der Waals surface area contributed by atoms with Crippen molar-refractivity contribution in [3.63, 3.8) is 0 Å². The zero-order valence-electron chi connectivity index (χ0n) is 20.2. The Kier molecular flexibility index (Phi) is 9.34. The molecule has 0 unspecified atom stereocenters. The lowest BCUT2D eigenvalue weighted by atomic mass is 10.1. The lowest BCUT2D eigenvalue weighted by Crippen LogP contribution is -2.33. The van der Waals surface area contributed by atoms with Crippen LogP contribution in [0.15, 0.2) is 24.3 Å². The number of halogens is 1. The first-order valence-electron chi connectivity index (χ1n) is 10.4. The van der Waals surface area contributed by atoms with E-state index in [-0.39, 0.29) is 18.3 Å². The summed E-state index contributed by atoms with van der Waals surface area (Å²) in [5.41, 5.74) is 3.68. The predicted molar refractivity (Wildman–Crippen MR) is 137 cm³/mol. The summed E-state index contributed by atoms with van der Waals surface area (Å²) < 4.78 is 17.4. The van der Waals surface area contributed by atoms with E-state index in [1.54, 1.807) is 38.4 Å². The van der Waals surface area contributed by atoms with Gasteiger partial charge in [0.1, 0.15) is 0 Å². The van der Waals surface area contributed by atoms with E-state index in [1.807, 2.05) is 14.1 Å². The van der Waals surface area contributed by atoms with Gasteiger partial charge >= 0.3 is 0 Å². The minimum Gasteiger partial charge on any atom is -0.493 e. The number of aryl methyl sites for hydroxylation is 2.